The van der Waals surface area contributed by atoms with Gasteiger partial charge in [0.25, 0.3) is 5.91 Å². The van der Waals surface area contributed by atoms with Crippen molar-refractivity contribution in [3.63, 3.8) is 0 Å². The summed E-state index contributed by atoms with van der Waals surface area (Å²) >= 11 is 6.89. The lowest BCUT2D eigenvalue weighted by Crippen LogP contribution is -2.13. The molecule has 0 bridgehead atoms. The Morgan fingerprint density at radius 3 is 2.71 bits per heavy atom. The topological polar surface area (TPSA) is 29.1 Å². The third-order valence-corrected chi connectivity index (χ3v) is 4.72. The number of hydrogen-bond acceptors (Lipinski definition) is 1. The molecule has 0 saturated heterocycles. The van der Waals surface area contributed by atoms with Crippen molar-refractivity contribution >= 4 is 43.5 Å². The van der Waals surface area contributed by atoms with Crippen molar-refractivity contribution in [1.29, 1.82) is 0 Å². The van der Waals surface area contributed by atoms with E-state index in [9.17, 15) is 4.79 Å². The number of carbonyl (C=O) groups is 1. The van der Waals surface area contributed by atoms with Gasteiger partial charge in [-0.25, -0.2) is 0 Å². The Balaban J connectivity index is 2.14. The van der Waals surface area contributed by atoms with Gasteiger partial charge in [0.15, 0.2) is 0 Å². The zero-order chi connectivity index (χ0) is 15.2. The summed E-state index contributed by atoms with van der Waals surface area (Å²) in [6.45, 7) is 1.94. The van der Waals surface area contributed by atoms with Gasteiger partial charge in [0.2, 0.25) is 0 Å². The van der Waals surface area contributed by atoms with Crippen LogP contribution in [0.5, 0.6) is 0 Å². The van der Waals surface area contributed by atoms with E-state index in [1.54, 1.807) is 0 Å². The van der Waals surface area contributed by atoms with E-state index in [1.165, 1.54) is 5.56 Å². The highest BCUT2D eigenvalue weighted by molar-refractivity contribution is 9.10. The van der Waals surface area contributed by atoms with Crippen LogP contribution in [0.4, 0.5) is 5.69 Å². The molecule has 0 aliphatic carbocycles. The number of rotatable bonds is 5. The Hall–Kier alpha value is -1.13. The molecule has 4 heteroatoms. The Kier molecular flexibility index (Phi) is 6.00. The van der Waals surface area contributed by atoms with E-state index in [2.05, 4.69) is 43.2 Å². The van der Waals surface area contributed by atoms with E-state index < -0.39 is 0 Å². The van der Waals surface area contributed by atoms with Gasteiger partial charge in [-0.1, -0.05) is 50.1 Å². The summed E-state index contributed by atoms with van der Waals surface area (Å²) in [4.78, 5) is 12.4. The third-order valence-electron chi connectivity index (χ3n) is 3.30. The number of anilines is 1. The molecule has 0 aromatic heterocycles. The Labute approximate surface area is 142 Å². The molecule has 0 saturated carbocycles. The average molecular weight is 411 g/mol. The van der Waals surface area contributed by atoms with Crippen LogP contribution in [-0.2, 0) is 6.42 Å². The first-order valence-corrected chi connectivity index (χ1v) is 8.74. The Morgan fingerprint density at radius 1 is 1.19 bits per heavy atom. The van der Waals surface area contributed by atoms with E-state index in [0.29, 0.717) is 5.56 Å². The fourth-order valence-electron chi connectivity index (χ4n) is 2.13. The molecule has 1 amide bonds. The standard InChI is InChI=1S/C17H17Br2NO/c1-12-15(8-3-9-16(12)19)17(21)20-14-7-2-5-13(11-14)6-4-10-18/h2-3,5,7-9,11H,4,6,10H2,1H3,(H,20,21). The zero-order valence-electron chi connectivity index (χ0n) is 11.8. The molecule has 2 aromatic carbocycles. The second kappa shape index (κ2) is 7.76. The van der Waals surface area contributed by atoms with Crippen LogP contribution < -0.4 is 5.32 Å². The fraction of sp³-hybridized carbons (Fsp3) is 0.235. The van der Waals surface area contributed by atoms with Crippen molar-refractivity contribution in [1.82, 2.24) is 0 Å². The number of aryl methyl sites for hydroxylation is 1. The normalized spacial score (nSPS) is 10.4. The first-order chi connectivity index (χ1) is 10.1. The number of carbonyl (C=O) groups excluding carboxylic acids is 1. The van der Waals surface area contributed by atoms with Crippen molar-refractivity contribution in [3.8, 4) is 0 Å². The zero-order valence-corrected chi connectivity index (χ0v) is 15.0. The fourth-order valence-corrected chi connectivity index (χ4v) is 2.77. The summed E-state index contributed by atoms with van der Waals surface area (Å²) in [5.41, 5.74) is 3.71. The van der Waals surface area contributed by atoms with Gasteiger partial charge in [-0.3, -0.25) is 4.79 Å². The molecule has 21 heavy (non-hydrogen) atoms. The van der Waals surface area contributed by atoms with E-state index in [-0.39, 0.29) is 5.91 Å². The number of halogens is 2. The smallest absolute Gasteiger partial charge is 0.255 e. The number of benzene rings is 2. The molecule has 0 aliphatic heterocycles. The molecule has 2 nitrogen and oxygen atoms in total. The first-order valence-electron chi connectivity index (χ1n) is 6.83. The summed E-state index contributed by atoms with van der Waals surface area (Å²) in [5, 5.41) is 3.96. The molecule has 0 radical (unpaired) electrons. The van der Waals surface area contributed by atoms with Gasteiger partial charge < -0.3 is 5.32 Å². The molecule has 110 valence electrons. The van der Waals surface area contributed by atoms with Gasteiger partial charge in [-0.05, 0) is 55.2 Å². The van der Waals surface area contributed by atoms with Crippen LogP contribution in [-0.4, -0.2) is 11.2 Å². The molecule has 0 fully saturated rings. The van der Waals surface area contributed by atoms with Crippen LogP contribution in [0, 0.1) is 6.92 Å². The number of amides is 1. The molecule has 0 aliphatic rings. The van der Waals surface area contributed by atoms with Crippen molar-refractivity contribution in [2.24, 2.45) is 0 Å². The van der Waals surface area contributed by atoms with E-state index in [0.717, 1.165) is 33.9 Å². The lowest BCUT2D eigenvalue weighted by atomic mass is 10.1. The number of nitrogens with one attached hydrogen (secondary N) is 1. The van der Waals surface area contributed by atoms with Crippen LogP contribution in [0.2, 0.25) is 0 Å². The van der Waals surface area contributed by atoms with Gasteiger partial charge in [0, 0.05) is 21.1 Å². The molecule has 0 atom stereocenters. The van der Waals surface area contributed by atoms with Crippen molar-refractivity contribution in [2.45, 2.75) is 19.8 Å². The quantitative estimate of drug-likeness (QED) is 0.662. The van der Waals surface area contributed by atoms with E-state index in [1.807, 2.05) is 43.3 Å². The van der Waals surface area contributed by atoms with Gasteiger partial charge in [0.1, 0.15) is 0 Å². The lowest BCUT2D eigenvalue weighted by molar-refractivity contribution is 0.102. The monoisotopic (exact) mass is 409 g/mol. The Bertz CT molecular complexity index is 640. The van der Waals surface area contributed by atoms with Crippen LogP contribution in [0.3, 0.4) is 0 Å². The maximum Gasteiger partial charge on any atom is 0.255 e. The highest BCUT2D eigenvalue weighted by Gasteiger charge is 2.11. The van der Waals surface area contributed by atoms with Gasteiger partial charge >= 0.3 is 0 Å². The van der Waals surface area contributed by atoms with Crippen molar-refractivity contribution in [2.75, 3.05) is 10.6 Å². The maximum absolute atomic E-state index is 12.4. The predicted molar refractivity (Wildman–Crippen MR) is 95.4 cm³/mol. The minimum absolute atomic E-state index is 0.0774. The minimum atomic E-state index is -0.0774. The Morgan fingerprint density at radius 2 is 1.95 bits per heavy atom. The average Bonchev–Trinajstić information content (AvgIpc) is 2.48. The first kappa shape index (κ1) is 16.2. The second-order valence-corrected chi connectivity index (χ2v) is 6.51. The molecule has 0 spiro atoms. The van der Waals surface area contributed by atoms with E-state index in [4.69, 9.17) is 0 Å². The SMILES string of the molecule is Cc1c(Br)cccc1C(=O)Nc1cccc(CCCBr)c1. The highest BCUT2D eigenvalue weighted by Crippen LogP contribution is 2.21. The van der Waals surface area contributed by atoms with Crippen molar-refractivity contribution in [3.05, 3.63) is 63.6 Å². The summed E-state index contributed by atoms with van der Waals surface area (Å²) in [5.74, 6) is -0.0774. The summed E-state index contributed by atoms with van der Waals surface area (Å²) in [6.07, 6.45) is 2.09. The number of alkyl halides is 1. The molecule has 2 aromatic rings. The maximum atomic E-state index is 12.4. The van der Waals surface area contributed by atoms with Crippen LogP contribution in [0.15, 0.2) is 46.9 Å². The molecular formula is C17H17Br2NO. The van der Waals surface area contributed by atoms with Crippen LogP contribution >= 0.6 is 31.9 Å². The predicted octanol–water partition coefficient (Wildman–Crippen LogP) is 5.34. The second-order valence-electron chi connectivity index (χ2n) is 4.86. The van der Waals surface area contributed by atoms with Gasteiger partial charge in [0.05, 0.1) is 0 Å². The van der Waals surface area contributed by atoms with Gasteiger partial charge in [-0.15, -0.1) is 0 Å². The van der Waals surface area contributed by atoms with Crippen molar-refractivity contribution < 1.29 is 4.79 Å². The lowest BCUT2D eigenvalue weighted by Gasteiger charge is -2.10. The summed E-state index contributed by atoms with van der Waals surface area (Å²) in [7, 11) is 0. The molecule has 0 unspecified atom stereocenters. The third kappa shape index (κ3) is 4.42. The molecule has 1 N–H and O–H groups in total. The van der Waals surface area contributed by atoms with Crippen LogP contribution in [0.1, 0.15) is 27.9 Å². The molecular weight excluding hydrogens is 394 g/mol. The summed E-state index contributed by atoms with van der Waals surface area (Å²) in [6, 6.07) is 13.7. The molecule has 0 heterocycles. The van der Waals surface area contributed by atoms with Crippen LogP contribution in [0.25, 0.3) is 0 Å². The minimum Gasteiger partial charge on any atom is -0.322 e. The highest BCUT2D eigenvalue weighted by atomic mass is 79.9. The largest absolute Gasteiger partial charge is 0.322 e. The van der Waals surface area contributed by atoms with E-state index >= 15 is 0 Å². The molecule has 2 rings (SSSR count). The number of hydrogen-bond donors (Lipinski definition) is 1. The summed E-state index contributed by atoms with van der Waals surface area (Å²) < 4.78 is 0.946. The van der Waals surface area contributed by atoms with Gasteiger partial charge in [-0.2, -0.15) is 0 Å².